The van der Waals surface area contributed by atoms with Crippen LogP contribution in [0.1, 0.15) is 6.92 Å². The van der Waals surface area contributed by atoms with Gasteiger partial charge in [-0.3, -0.25) is 9.78 Å². The largest absolute Gasteiger partial charge is 0.326 e. The molecule has 0 unspecified atom stereocenters. The number of pyridine rings is 1. The summed E-state index contributed by atoms with van der Waals surface area (Å²) in [7, 11) is 0. The van der Waals surface area contributed by atoms with Crippen LogP contribution in [0.3, 0.4) is 0 Å². The molecule has 1 aromatic heterocycles. The highest BCUT2D eigenvalue weighted by Gasteiger charge is 1.97. The molecule has 0 atom stereocenters. The molecular formula is C11H11ClN2O. The minimum atomic E-state index is -0.0618. The molecule has 15 heavy (non-hydrogen) atoms. The number of amides is 1. The number of hydrogen-bond donors (Lipinski definition) is 1. The van der Waals surface area contributed by atoms with Crippen molar-refractivity contribution in [2.75, 3.05) is 5.32 Å². The van der Waals surface area contributed by atoms with Crippen LogP contribution in [0.25, 0.3) is 10.9 Å². The van der Waals surface area contributed by atoms with E-state index in [4.69, 9.17) is 0 Å². The zero-order valence-corrected chi connectivity index (χ0v) is 9.04. The third kappa shape index (κ3) is 2.67. The maximum atomic E-state index is 10.8. The van der Waals surface area contributed by atoms with Crippen molar-refractivity contribution in [3.05, 3.63) is 36.5 Å². The third-order valence-corrected chi connectivity index (χ3v) is 1.92. The summed E-state index contributed by atoms with van der Waals surface area (Å²) in [6.07, 6.45) is 1.75. The molecule has 1 N–H and O–H groups in total. The monoisotopic (exact) mass is 222 g/mol. The van der Waals surface area contributed by atoms with Gasteiger partial charge in [0.15, 0.2) is 0 Å². The van der Waals surface area contributed by atoms with Crippen LogP contribution < -0.4 is 5.32 Å². The predicted molar refractivity (Wildman–Crippen MR) is 63.3 cm³/mol. The van der Waals surface area contributed by atoms with E-state index in [2.05, 4.69) is 10.3 Å². The topological polar surface area (TPSA) is 42.0 Å². The molecule has 0 aliphatic rings. The Bertz CT molecular complexity index is 485. The average molecular weight is 223 g/mol. The second-order valence-corrected chi connectivity index (χ2v) is 3.09. The SMILES string of the molecule is CC(=O)Nc1ccc2ncccc2c1.Cl. The lowest BCUT2D eigenvalue weighted by Gasteiger charge is -2.02. The summed E-state index contributed by atoms with van der Waals surface area (Å²) in [5, 5.41) is 3.76. The van der Waals surface area contributed by atoms with Crippen LogP contribution in [0, 0.1) is 0 Å². The van der Waals surface area contributed by atoms with Crippen LogP contribution in [0.2, 0.25) is 0 Å². The van der Waals surface area contributed by atoms with Crippen molar-refractivity contribution in [1.29, 1.82) is 0 Å². The zero-order valence-electron chi connectivity index (χ0n) is 8.23. The number of benzene rings is 1. The van der Waals surface area contributed by atoms with Gasteiger partial charge in [-0.05, 0) is 24.3 Å². The summed E-state index contributed by atoms with van der Waals surface area (Å²) in [6, 6.07) is 9.48. The zero-order chi connectivity index (χ0) is 9.97. The van der Waals surface area contributed by atoms with Crippen molar-refractivity contribution in [2.45, 2.75) is 6.92 Å². The number of carbonyl (C=O) groups is 1. The minimum Gasteiger partial charge on any atom is -0.326 e. The van der Waals surface area contributed by atoms with E-state index in [1.807, 2.05) is 30.3 Å². The van der Waals surface area contributed by atoms with Crippen molar-refractivity contribution in [1.82, 2.24) is 4.98 Å². The van der Waals surface area contributed by atoms with Gasteiger partial charge in [0.05, 0.1) is 5.52 Å². The molecule has 0 saturated carbocycles. The Morgan fingerprint density at radius 3 is 2.87 bits per heavy atom. The molecule has 2 rings (SSSR count). The smallest absolute Gasteiger partial charge is 0.221 e. The number of fused-ring (bicyclic) bond motifs is 1. The summed E-state index contributed by atoms with van der Waals surface area (Å²) in [5.74, 6) is -0.0618. The number of aromatic nitrogens is 1. The van der Waals surface area contributed by atoms with Crippen LogP contribution in [-0.4, -0.2) is 10.9 Å². The van der Waals surface area contributed by atoms with E-state index >= 15 is 0 Å². The maximum absolute atomic E-state index is 10.8. The van der Waals surface area contributed by atoms with Crippen LogP contribution in [0.15, 0.2) is 36.5 Å². The van der Waals surface area contributed by atoms with Crippen LogP contribution in [-0.2, 0) is 4.79 Å². The summed E-state index contributed by atoms with van der Waals surface area (Å²) in [4.78, 5) is 15.0. The van der Waals surface area contributed by atoms with E-state index in [1.54, 1.807) is 6.20 Å². The molecule has 3 nitrogen and oxygen atoms in total. The van der Waals surface area contributed by atoms with Gasteiger partial charge in [0, 0.05) is 24.2 Å². The lowest BCUT2D eigenvalue weighted by molar-refractivity contribution is -0.114. The van der Waals surface area contributed by atoms with Crippen molar-refractivity contribution in [2.24, 2.45) is 0 Å². The van der Waals surface area contributed by atoms with Gasteiger partial charge in [0.2, 0.25) is 5.91 Å². The number of rotatable bonds is 1. The second-order valence-electron chi connectivity index (χ2n) is 3.09. The lowest BCUT2D eigenvalue weighted by Crippen LogP contribution is -2.05. The summed E-state index contributed by atoms with van der Waals surface area (Å²) in [6.45, 7) is 1.49. The van der Waals surface area contributed by atoms with Crippen molar-refractivity contribution in [3.63, 3.8) is 0 Å². The van der Waals surface area contributed by atoms with Gasteiger partial charge < -0.3 is 5.32 Å². The molecule has 2 aromatic rings. The summed E-state index contributed by atoms with van der Waals surface area (Å²) >= 11 is 0. The second kappa shape index (κ2) is 4.75. The number of halogens is 1. The van der Waals surface area contributed by atoms with Crippen molar-refractivity contribution < 1.29 is 4.79 Å². The lowest BCUT2D eigenvalue weighted by atomic mass is 10.2. The Morgan fingerprint density at radius 1 is 1.33 bits per heavy atom. The average Bonchev–Trinajstić information content (AvgIpc) is 2.17. The van der Waals surface area contributed by atoms with Crippen LogP contribution in [0.4, 0.5) is 5.69 Å². The van der Waals surface area contributed by atoms with E-state index in [9.17, 15) is 4.79 Å². The summed E-state index contributed by atoms with van der Waals surface area (Å²) in [5.41, 5.74) is 1.74. The Kier molecular flexibility index (Phi) is 3.63. The molecule has 4 heteroatoms. The van der Waals surface area contributed by atoms with Crippen molar-refractivity contribution >= 4 is 34.9 Å². The molecule has 1 heterocycles. The van der Waals surface area contributed by atoms with Gasteiger partial charge in [-0.1, -0.05) is 6.07 Å². The van der Waals surface area contributed by atoms with E-state index in [-0.39, 0.29) is 18.3 Å². The van der Waals surface area contributed by atoms with Gasteiger partial charge in [-0.2, -0.15) is 0 Å². The molecule has 78 valence electrons. The highest BCUT2D eigenvalue weighted by atomic mass is 35.5. The number of hydrogen-bond acceptors (Lipinski definition) is 2. The molecule has 0 radical (unpaired) electrons. The first-order chi connectivity index (χ1) is 6.75. The number of nitrogens with zero attached hydrogens (tertiary/aromatic N) is 1. The molecule has 0 saturated heterocycles. The predicted octanol–water partition coefficient (Wildman–Crippen LogP) is 2.62. The molecule has 0 spiro atoms. The Hall–Kier alpha value is -1.61. The van der Waals surface area contributed by atoms with Gasteiger partial charge in [0.1, 0.15) is 0 Å². The molecule has 1 amide bonds. The molecule has 0 bridgehead atoms. The maximum Gasteiger partial charge on any atom is 0.221 e. The first kappa shape index (κ1) is 11.5. The number of anilines is 1. The Balaban J connectivity index is 0.00000112. The normalized spacial score (nSPS) is 9.40. The third-order valence-electron chi connectivity index (χ3n) is 1.92. The molecular weight excluding hydrogens is 212 g/mol. The van der Waals surface area contributed by atoms with Crippen LogP contribution >= 0.6 is 12.4 Å². The fraction of sp³-hybridized carbons (Fsp3) is 0.0909. The first-order valence-corrected chi connectivity index (χ1v) is 4.38. The first-order valence-electron chi connectivity index (χ1n) is 4.38. The van der Waals surface area contributed by atoms with Crippen molar-refractivity contribution in [3.8, 4) is 0 Å². The minimum absolute atomic E-state index is 0. The fourth-order valence-corrected chi connectivity index (χ4v) is 1.36. The highest BCUT2D eigenvalue weighted by molar-refractivity contribution is 5.92. The van der Waals surface area contributed by atoms with Gasteiger partial charge >= 0.3 is 0 Å². The van der Waals surface area contributed by atoms with E-state index in [0.29, 0.717) is 0 Å². The molecule has 0 fully saturated rings. The number of nitrogens with one attached hydrogen (secondary N) is 1. The molecule has 0 aliphatic heterocycles. The summed E-state index contributed by atoms with van der Waals surface area (Å²) < 4.78 is 0. The quantitative estimate of drug-likeness (QED) is 0.806. The van der Waals surface area contributed by atoms with E-state index < -0.39 is 0 Å². The Morgan fingerprint density at radius 2 is 2.13 bits per heavy atom. The molecule has 0 aliphatic carbocycles. The van der Waals surface area contributed by atoms with Crippen LogP contribution in [0.5, 0.6) is 0 Å². The van der Waals surface area contributed by atoms with E-state index in [0.717, 1.165) is 16.6 Å². The van der Waals surface area contributed by atoms with Gasteiger partial charge in [0.25, 0.3) is 0 Å². The van der Waals surface area contributed by atoms with Gasteiger partial charge in [-0.15, -0.1) is 12.4 Å². The standard InChI is InChI=1S/C11H10N2O.ClH/c1-8(14)13-10-4-5-11-9(7-10)3-2-6-12-11;/h2-7H,1H3,(H,13,14);1H. The van der Waals surface area contributed by atoms with Gasteiger partial charge in [-0.25, -0.2) is 0 Å². The molecule has 1 aromatic carbocycles. The Labute approximate surface area is 93.9 Å². The number of carbonyl (C=O) groups excluding carboxylic acids is 1. The van der Waals surface area contributed by atoms with E-state index in [1.165, 1.54) is 6.92 Å². The fourth-order valence-electron chi connectivity index (χ4n) is 1.36. The highest BCUT2D eigenvalue weighted by Crippen LogP contribution is 2.16.